The van der Waals surface area contributed by atoms with Crippen molar-refractivity contribution in [3.63, 3.8) is 0 Å². The lowest BCUT2D eigenvalue weighted by Gasteiger charge is -2.28. The van der Waals surface area contributed by atoms with Crippen molar-refractivity contribution in [2.24, 2.45) is 0 Å². The van der Waals surface area contributed by atoms with E-state index in [4.69, 9.17) is 4.74 Å². The summed E-state index contributed by atoms with van der Waals surface area (Å²) in [7, 11) is -2.84. The summed E-state index contributed by atoms with van der Waals surface area (Å²) >= 11 is 1.74. The van der Waals surface area contributed by atoms with Crippen molar-refractivity contribution in [2.45, 2.75) is 12.3 Å². The van der Waals surface area contributed by atoms with Gasteiger partial charge < -0.3 is 9.64 Å². The predicted octanol–water partition coefficient (Wildman–Crippen LogP) is 2.55. The molecule has 2 saturated heterocycles. The van der Waals surface area contributed by atoms with E-state index in [-0.39, 0.29) is 11.5 Å². The molecule has 0 spiro atoms. The van der Waals surface area contributed by atoms with Gasteiger partial charge in [-0.1, -0.05) is 12.1 Å². The monoisotopic (exact) mass is 364 g/mol. The fraction of sp³-hybridized carbons (Fsp3) is 0.471. The molecule has 2 aliphatic heterocycles. The summed E-state index contributed by atoms with van der Waals surface area (Å²) in [6.07, 6.45) is 3.00. The first-order chi connectivity index (χ1) is 11.6. The molecule has 1 aromatic carbocycles. The maximum absolute atomic E-state index is 11.5. The molecule has 0 N–H and O–H groups in total. The molecule has 0 aliphatic carbocycles. The summed E-state index contributed by atoms with van der Waals surface area (Å²) in [4.78, 5) is 7.87. The van der Waals surface area contributed by atoms with Crippen LogP contribution in [-0.4, -0.2) is 51.2 Å². The third kappa shape index (κ3) is 3.34. The van der Waals surface area contributed by atoms with Crippen LogP contribution in [0.2, 0.25) is 0 Å². The lowest BCUT2D eigenvalue weighted by molar-refractivity contribution is 0.194. The third-order valence-electron chi connectivity index (χ3n) is 4.66. The molecule has 2 fully saturated rings. The highest BCUT2D eigenvalue weighted by atomic mass is 32.2. The number of nitrogens with zero attached hydrogens (tertiary/aromatic N) is 2. The molecule has 2 aliphatic rings. The molecule has 3 heterocycles. The van der Waals surface area contributed by atoms with Crippen molar-refractivity contribution in [2.75, 3.05) is 42.7 Å². The number of hydrogen-bond donors (Lipinski definition) is 0. The van der Waals surface area contributed by atoms with E-state index in [0.29, 0.717) is 19.0 Å². The van der Waals surface area contributed by atoms with Crippen LogP contribution >= 0.6 is 11.3 Å². The van der Waals surface area contributed by atoms with Gasteiger partial charge in [-0.15, -0.1) is 11.3 Å². The number of sulfone groups is 1. The second-order valence-electron chi connectivity index (χ2n) is 6.31. The van der Waals surface area contributed by atoms with Gasteiger partial charge in [0.15, 0.2) is 9.84 Å². The molecule has 0 saturated carbocycles. The second-order valence-corrected chi connectivity index (χ2v) is 9.67. The molecule has 1 aromatic heterocycles. The predicted molar refractivity (Wildman–Crippen MR) is 96.6 cm³/mol. The number of anilines is 1. The van der Waals surface area contributed by atoms with E-state index in [1.165, 1.54) is 4.88 Å². The van der Waals surface area contributed by atoms with Crippen LogP contribution in [-0.2, 0) is 14.6 Å². The van der Waals surface area contributed by atoms with E-state index in [9.17, 15) is 8.42 Å². The fourth-order valence-electron chi connectivity index (χ4n) is 3.15. The van der Waals surface area contributed by atoms with Gasteiger partial charge in [0.25, 0.3) is 0 Å². The molecule has 0 radical (unpaired) electrons. The smallest absolute Gasteiger partial charge is 0.153 e. The van der Waals surface area contributed by atoms with Gasteiger partial charge in [0.05, 0.1) is 28.0 Å². The lowest BCUT2D eigenvalue weighted by atomic mass is 10.1. The van der Waals surface area contributed by atoms with Crippen molar-refractivity contribution >= 4 is 26.9 Å². The molecule has 5 nitrogen and oxygen atoms in total. The summed E-state index contributed by atoms with van der Waals surface area (Å²) in [5.41, 5.74) is 2.24. The maximum Gasteiger partial charge on any atom is 0.153 e. The summed E-state index contributed by atoms with van der Waals surface area (Å²) in [6, 6.07) is 8.35. The number of rotatable bonds is 3. The van der Waals surface area contributed by atoms with Gasteiger partial charge in [0, 0.05) is 37.5 Å². The van der Waals surface area contributed by atoms with Gasteiger partial charge in [-0.05, 0) is 24.1 Å². The van der Waals surface area contributed by atoms with E-state index >= 15 is 0 Å². The Labute approximate surface area is 146 Å². The molecular formula is C17H20N2O3S2. The van der Waals surface area contributed by atoms with Crippen molar-refractivity contribution in [1.29, 1.82) is 0 Å². The largest absolute Gasteiger partial charge is 0.381 e. The number of hydrogen-bond acceptors (Lipinski definition) is 6. The summed E-state index contributed by atoms with van der Waals surface area (Å²) < 4.78 is 28.5. The van der Waals surface area contributed by atoms with Crippen LogP contribution in [0.15, 0.2) is 30.5 Å². The van der Waals surface area contributed by atoms with Crippen LogP contribution in [0.5, 0.6) is 0 Å². The maximum atomic E-state index is 11.5. The van der Waals surface area contributed by atoms with Crippen LogP contribution in [0.25, 0.3) is 10.4 Å². The zero-order valence-electron chi connectivity index (χ0n) is 13.3. The summed E-state index contributed by atoms with van der Waals surface area (Å²) in [6.45, 7) is 2.77. The number of ether oxygens (including phenoxy) is 1. The molecule has 1 atom stereocenters. The molecular weight excluding hydrogens is 344 g/mol. The Morgan fingerprint density at radius 1 is 1.17 bits per heavy atom. The van der Waals surface area contributed by atoms with Crippen LogP contribution in [0.1, 0.15) is 17.3 Å². The van der Waals surface area contributed by atoms with Crippen LogP contribution in [0.3, 0.4) is 0 Å². The average molecular weight is 364 g/mol. The van der Waals surface area contributed by atoms with E-state index in [1.807, 2.05) is 6.20 Å². The molecule has 2 aromatic rings. The molecule has 4 rings (SSSR count). The van der Waals surface area contributed by atoms with Gasteiger partial charge in [0.2, 0.25) is 0 Å². The third-order valence-corrected chi connectivity index (χ3v) is 7.48. The highest BCUT2D eigenvalue weighted by Crippen LogP contribution is 2.34. The molecule has 0 amide bonds. The van der Waals surface area contributed by atoms with Crippen molar-refractivity contribution in [3.8, 4) is 10.4 Å². The quantitative estimate of drug-likeness (QED) is 0.838. The van der Waals surface area contributed by atoms with Gasteiger partial charge in [-0.25, -0.2) is 13.4 Å². The first-order valence-corrected chi connectivity index (χ1v) is 10.8. The van der Waals surface area contributed by atoms with Gasteiger partial charge in [0.1, 0.15) is 0 Å². The van der Waals surface area contributed by atoms with Gasteiger partial charge in [-0.2, -0.15) is 0 Å². The molecule has 128 valence electrons. The lowest BCUT2D eigenvalue weighted by Crippen LogP contribution is -2.40. The van der Waals surface area contributed by atoms with Crippen molar-refractivity contribution in [1.82, 2.24) is 4.98 Å². The molecule has 0 bridgehead atoms. The Morgan fingerprint density at radius 2 is 1.92 bits per heavy atom. The Morgan fingerprint density at radius 3 is 2.58 bits per heavy atom. The molecule has 1 unspecified atom stereocenters. The Hall–Kier alpha value is -1.44. The summed E-state index contributed by atoms with van der Waals surface area (Å²) in [5.74, 6) is 0.936. The Bertz CT molecular complexity index is 795. The van der Waals surface area contributed by atoms with E-state index in [1.54, 1.807) is 11.3 Å². The first kappa shape index (κ1) is 16.1. The SMILES string of the molecule is O=S1(=O)CCN(c2ccc(-c3cnc(C4CCOC4)s3)cc2)CC1. The topological polar surface area (TPSA) is 59.5 Å². The number of benzene rings is 1. The van der Waals surface area contributed by atoms with Crippen LogP contribution in [0.4, 0.5) is 5.69 Å². The van der Waals surface area contributed by atoms with Crippen LogP contribution < -0.4 is 4.90 Å². The highest BCUT2D eigenvalue weighted by molar-refractivity contribution is 7.91. The minimum absolute atomic E-state index is 0.246. The number of thiazole rings is 1. The van der Waals surface area contributed by atoms with E-state index in [0.717, 1.165) is 35.9 Å². The average Bonchev–Trinajstić information content (AvgIpc) is 3.26. The molecule has 24 heavy (non-hydrogen) atoms. The van der Waals surface area contributed by atoms with E-state index < -0.39 is 9.84 Å². The van der Waals surface area contributed by atoms with Crippen molar-refractivity contribution in [3.05, 3.63) is 35.5 Å². The Balaban J connectivity index is 1.48. The second kappa shape index (κ2) is 6.46. The van der Waals surface area contributed by atoms with Gasteiger partial charge in [-0.3, -0.25) is 0 Å². The van der Waals surface area contributed by atoms with Crippen LogP contribution in [0, 0.1) is 0 Å². The zero-order valence-corrected chi connectivity index (χ0v) is 15.0. The fourth-order valence-corrected chi connectivity index (χ4v) is 5.39. The van der Waals surface area contributed by atoms with Gasteiger partial charge >= 0.3 is 0 Å². The minimum atomic E-state index is -2.84. The minimum Gasteiger partial charge on any atom is -0.381 e. The summed E-state index contributed by atoms with van der Waals surface area (Å²) in [5, 5.41) is 1.16. The zero-order chi connectivity index (χ0) is 16.6. The molecule has 7 heteroatoms. The number of aromatic nitrogens is 1. The standard InChI is InChI=1S/C17H20N2O3S2/c20-24(21)9-6-19(7-10-24)15-3-1-13(2-4-15)16-11-18-17(23-16)14-5-8-22-12-14/h1-4,11,14H,5-10,12H2. The first-order valence-electron chi connectivity index (χ1n) is 8.20. The van der Waals surface area contributed by atoms with Crippen molar-refractivity contribution < 1.29 is 13.2 Å². The normalized spacial score (nSPS) is 23.5. The highest BCUT2D eigenvalue weighted by Gasteiger charge is 2.23. The Kier molecular flexibility index (Phi) is 4.32. The van der Waals surface area contributed by atoms with E-state index in [2.05, 4.69) is 34.1 Å².